The number of hydrazine groups is 1. The average Bonchev–Trinajstić information content (AvgIpc) is 2.28. The van der Waals surface area contributed by atoms with Gasteiger partial charge in [-0.2, -0.15) is 0 Å². The molecule has 0 aliphatic heterocycles. The van der Waals surface area contributed by atoms with Crippen molar-refractivity contribution in [1.29, 1.82) is 0 Å². The zero-order valence-electron chi connectivity index (χ0n) is 9.77. The molecule has 3 N–H and O–H groups in total. The zero-order chi connectivity index (χ0) is 12.1. The minimum absolute atomic E-state index is 0.0431. The Morgan fingerprint density at radius 2 is 2.19 bits per heavy atom. The third-order valence-electron chi connectivity index (χ3n) is 2.20. The van der Waals surface area contributed by atoms with Crippen LogP contribution in [0.5, 0.6) is 0 Å². The molecule has 0 bridgehead atoms. The number of nitrogens with zero attached hydrogens (tertiary/aromatic N) is 3. The molecule has 0 saturated heterocycles. The molecule has 1 rings (SSSR count). The first-order chi connectivity index (χ1) is 7.54. The quantitative estimate of drug-likeness (QED) is 0.550. The average molecular weight is 223 g/mol. The highest BCUT2D eigenvalue weighted by Crippen LogP contribution is 2.14. The van der Waals surface area contributed by atoms with Crippen LogP contribution in [0.25, 0.3) is 0 Å². The summed E-state index contributed by atoms with van der Waals surface area (Å²) in [4.78, 5) is 18.9. The number of anilines is 2. The van der Waals surface area contributed by atoms with Crippen molar-refractivity contribution in [3.05, 3.63) is 18.3 Å². The van der Waals surface area contributed by atoms with Crippen LogP contribution in [0.4, 0.5) is 11.5 Å². The summed E-state index contributed by atoms with van der Waals surface area (Å²) in [6.45, 7) is 0.320. The standard InChI is InChI=1S/C10H17N5O/c1-14(2)10(16)7-15(3)8-4-5-12-9(6-8)13-11/h4-6H,7,11H2,1-3H3,(H,12,13). The Kier molecular flexibility index (Phi) is 4.07. The van der Waals surface area contributed by atoms with Crippen molar-refractivity contribution in [3.8, 4) is 0 Å². The van der Waals surface area contributed by atoms with Gasteiger partial charge in [-0.25, -0.2) is 10.8 Å². The number of hydrogen-bond donors (Lipinski definition) is 2. The topological polar surface area (TPSA) is 74.5 Å². The van der Waals surface area contributed by atoms with E-state index >= 15 is 0 Å². The van der Waals surface area contributed by atoms with E-state index < -0.39 is 0 Å². The van der Waals surface area contributed by atoms with E-state index in [9.17, 15) is 4.79 Å². The van der Waals surface area contributed by atoms with Crippen molar-refractivity contribution >= 4 is 17.4 Å². The second kappa shape index (κ2) is 5.32. The third-order valence-corrected chi connectivity index (χ3v) is 2.20. The molecule has 0 aromatic carbocycles. The van der Waals surface area contributed by atoms with Crippen molar-refractivity contribution in [2.45, 2.75) is 0 Å². The minimum atomic E-state index is 0.0431. The number of nitrogens with one attached hydrogen (secondary N) is 1. The van der Waals surface area contributed by atoms with Gasteiger partial charge < -0.3 is 15.2 Å². The predicted octanol–water partition coefficient (Wildman–Crippen LogP) is -0.108. The van der Waals surface area contributed by atoms with Crippen LogP contribution in [0, 0.1) is 0 Å². The molecule has 1 aromatic rings. The van der Waals surface area contributed by atoms with E-state index in [-0.39, 0.29) is 5.91 Å². The van der Waals surface area contributed by atoms with Crippen LogP contribution in [0.3, 0.4) is 0 Å². The van der Waals surface area contributed by atoms with Gasteiger partial charge in [0.05, 0.1) is 6.54 Å². The van der Waals surface area contributed by atoms with Crippen LogP contribution in [0.1, 0.15) is 0 Å². The van der Waals surface area contributed by atoms with E-state index in [0.717, 1.165) is 5.69 Å². The molecule has 1 aromatic heterocycles. The number of pyridine rings is 1. The summed E-state index contributed by atoms with van der Waals surface area (Å²) in [5.41, 5.74) is 3.35. The number of carbonyl (C=O) groups is 1. The fraction of sp³-hybridized carbons (Fsp3) is 0.400. The number of amides is 1. The molecule has 0 aliphatic rings. The Morgan fingerprint density at radius 3 is 2.75 bits per heavy atom. The summed E-state index contributed by atoms with van der Waals surface area (Å²) in [5, 5.41) is 0. The molecule has 88 valence electrons. The summed E-state index contributed by atoms with van der Waals surface area (Å²) < 4.78 is 0. The fourth-order valence-corrected chi connectivity index (χ4v) is 1.17. The molecule has 0 aliphatic carbocycles. The molecule has 0 atom stereocenters. The van der Waals surface area contributed by atoms with Gasteiger partial charge in [-0.1, -0.05) is 0 Å². The molecule has 6 heteroatoms. The van der Waals surface area contributed by atoms with Crippen LogP contribution >= 0.6 is 0 Å². The van der Waals surface area contributed by atoms with E-state index in [4.69, 9.17) is 5.84 Å². The third kappa shape index (κ3) is 3.09. The van der Waals surface area contributed by atoms with Gasteiger partial charge in [0.25, 0.3) is 0 Å². The zero-order valence-corrected chi connectivity index (χ0v) is 9.77. The molecule has 0 fully saturated rings. The Hall–Kier alpha value is -1.82. The lowest BCUT2D eigenvalue weighted by Crippen LogP contribution is -2.34. The van der Waals surface area contributed by atoms with Gasteiger partial charge in [0.15, 0.2) is 0 Å². The van der Waals surface area contributed by atoms with E-state index in [1.807, 2.05) is 18.0 Å². The van der Waals surface area contributed by atoms with E-state index in [1.54, 1.807) is 31.3 Å². The summed E-state index contributed by atoms with van der Waals surface area (Å²) in [6.07, 6.45) is 1.64. The molecule has 0 radical (unpaired) electrons. The van der Waals surface area contributed by atoms with Crippen LogP contribution in [0.15, 0.2) is 18.3 Å². The molecule has 1 heterocycles. The number of rotatable bonds is 4. The van der Waals surface area contributed by atoms with Crippen LogP contribution in [0.2, 0.25) is 0 Å². The van der Waals surface area contributed by atoms with Crippen LogP contribution < -0.4 is 16.2 Å². The highest BCUT2D eigenvalue weighted by atomic mass is 16.2. The number of nitrogen functional groups attached to an aromatic ring is 1. The number of nitrogens with two attached hydrogens (primary N) is 1. The first kappa shape index (κ1) is 12.3. The summed E-state index contributed by atoms with van der Waals surface area (Å²) in [6, 6.07) is 3.60. The van der Waals surface area contributed by atoms with Gasteiger partial charge in [0, 0.05) is 39.1 Å². The molecule has 16 heavy (non-hydrogen) atoms. The summed E-state index contributed by atoms with van der Waals surface area (Å²) >= 11 is 0. The van der Waals surface area contributed by atoms with Gasteiger partial charge in [0.1, 0.15) is 5.82 Å². The molecular formula is C10H17N5O. The van der Waals surface area contributed by atoms with E-state index in [0.29, 0.717) is 12.4 Å². The maximum atomic E-state index is 11.5. The summed E-state index contributed by atoms with van der Waals surface area (Å²) in [7, 11) is 5.31. The Morgan fingerprint density at radius 1 is 1.50 bits per heavy atom. The molecule has 1 amide bonds. The van der Waals surface area contributed by atoms with E-state index in [1.165, 1.54) is 0 Å². The number of likely N-dealkylation sites (N-methyl/N-ethyl adjacent to an activating group) is 2. The second-order valence-corrected chi connectivity index (χ2v) is 3.69. The van der Waals surface area contributed by atoms with Crippen molar-refractivity contribution in [1.82, 2.24) is 9.88 Å². The maximum Gasteiger partial charge on any atom is 0.241 e. The molecular weight excluding hydrogens is 206 g/mol. The lowest BCUT2D eigenvalue weighted by Gasteiger charge is -2.21. The Labute approximate surface area is 95.0 Å². The van der Waals surface area contributed by atoms with Crippen molar-refractivity contribution in [3.63, 3.8) is 0 Å². The van der Waals surface area contributed by atoms with Crippen molar-refractivity contribution in [2.75, 3.05) is 38.0 Å². The maximum absolute atomic E-state index is 11.5. The van der Waals surface area contributed by atoms with Gasteiger partial charge in [-0.05, 0) is 6.07 Å². The van der Waals surface area contributed by atoms with Gasteiger partial charge in [-0.3, -0.25) is 4.79 Å². The number of hydrogen-bond acceptors (Lipinski definition) is 5. The first-order valence-electron chi connectivity index (χ1n) is 4.88. The van der Waals surface area contributed by atoms with Crippen molar-refractivity contribution in [2.24, 2.45) is 5.84 Å². The normalized spacial score (nSPS) is 9.75. The lowest BCUT2D eigenvalue weighted by molar-refractivity contribution is -0.127. The number of carbonyl (C=O) groups excluding carboxylic acids is 1. The molecule has 0 saturated carbocycles. The van der Waals surface area contributed by atoms with E-state index in [2.05, 4.69) is 10.4 Å². The Balaban J connectivity index is 2.72. The minimum Gasteiger partial charge on any atom is -0.365 e. The number of aromatic nitrogens is 1. The Bertz CT molecular complexity index is 366. The van der Waals surface area contributed by atoms with Crippen LogP contribution in [-0.4, -0.2) is 43.5 Å². The SMILES string of the molecule is CN(C)C(=O)CN(C)c1ccnc(NN)c1. The largest absolute Gasteiger partial charge is 0.365 e. The van der Waals surface area contributed by atoms with Crippen LogP contribution in [-0.2, 0) is 4.79 Å². The van der Waals surface area contributed by atoms with Gasteiger partial charge >= 0.3 is 0 Å². The predicted molar refractivity (Wildman–Crippen MR) is 64.0 cm³/mol. The lowest BCUT2D eigenvalue weighted by atomic mass is 10.3. The molecule has 0 spiro atoms. The smallest absolute Gasteiger partial charge is 0.241 e. The highest BCUT2D eigenvalue weighted by Gasteiger charge is 2.09. The fourth-order valence-electron chi connectivity index (χ4n) is 1.17. The molecule has 6 nitrogen and oxygen atoms in total. The first-order valence-corrected chi connectivity index (χ1v) is 4.88. The van der Waals surface area contributed by atoms with Gasteiger partial charge in [0.2, 0.25) is 5.91 Å². The van der Waals surface area contributed by atoms with Crippen molar-refractivity contribution < 1.29 is 4.79 Å². The summed E-state index contributed by atoms with van der Waals surface area (Å²) in [5.74, 6) is 5.88. The highest BCUT2D eigenvalue weighted by molar-refractivity contribution is 5.81. The second-order valence-electron chi connectivity index (χ2n) is 3.69. The molecule has 0 unspecified atom stereocenters. The van der Waals surface area contributed by atoms with Gasteiger partial charge in [-0.15, -0.1) is 0 Å². The monoisotopic (exact) mass is 223 g/mol.